The molecule has 0 saturated heterocycles. The molecule has 0 heterocycles. The molecule has 1 aliphatic rings. The Morgan fingerprint density at radius 2 is 1.88 bits per heavy atom. The van der Waals surface area contributed by atoms with Gasteiger partial charge in [-0.1, -0.05) is 6.08 Å². The molecule has 3 heteroatoms. The summed E-state index contributed by atoms with van der Waals surface area (Å²) in [6, 6.07) is 0. The number of ketones is 1. The first kappa shape index (κ1) is 14.4. The summed E-state index contributed by atoms with van der Waals surface area (Å²) in [7, 11) is 3.33. The van der Waals surface area contributed by atoms with Gasteiger partial charge in [0.05, 0.1) is 0 Å². The van der Waals surface area contributed by atoms with E-state index in [9.17, 15) is 4.79 Å². The van der Waals surface area contributed by atoms with E-state index in [0.29, 0.717) is 5.78 Å². The van der Waals surface area contributed by atoms with Crippen LogP contribution in [0.3, 0.4) is 0 Å². The quantitative estimate of drug-likeness (QED) is 0.389. The van der Waals surface area contributed by atoms with Crippen LogP contribution in [0.2, 0.25) is 0 Å². The largest absolute Gasteiger partial charge is 0.356 e. The molecule has 1 fully saturated rings. The van der Waals surface area contributed by atoms with E-state index < -0.39 is 0 Å². The fourth-order valence-corrected chi connectivity index (χ4v) is 2.18. The Morgan fingerprint density at radius 1 is 1.18 bits per heavy atom. The van der Waals surface area contributed by atoms with Crippen molar-refractivity contribution in [1.29, 1.82) is 0 Å². The van der Waals surface area contributed by atoms with Crippen molar-refractivity contribution in [2.24, 2.45) is 0 Å². The molecular formula is C14H24O3. The van der Waals surface area contributed by atoms with Crippen molar-refractivity contribution in [2.75, 3.05) is 14.2 Å². The van der Waals surface area contributed by atoms with Crippen LogP contribution >= 0.6 is 0 Å². The number of hydrogen-bond acceptors (Lipinski definition) is 3. The summed E-state index contributed by atoms with van der Waals surface area (Å²) in [6.45, 7) is 0. The second-order valence-electron chi connectivity index (χ2n) is 4.55. The van der Waals surface area contributed by atoms with Gasteiger partial charge < -0.3 is 9.47 Å². The lowest BCUT2D eigenvalue weighted by molar-refractivity contribution is -0.116. The molecule has 0 N–H and O–H groups in total. The Kier molecular flexibility index (Phi) is 7.13. The zero-order valence-corrected chi connectivity index (χ0v) is 11.0. The smallest absolute Gasteiger partial charge is 0.158 e. The number of hydrogen-bond donors (Lipinski definition) is 0. The fraction of sp³-hybridized carbons (Fsp3) is 0.786. The third-order valence-corrected chi connectivity index (χ3v) is 3.27. The fourth-order valence-electron chi connectivity index (χ4n) is 2.18. The Labute approximate surface area is 104 Å². The number of unbranched alkanes of at least 4 members (excludes halogenated alkanes) is 2. The molecule has 3 nitrogen and oxygen atoms in total. The lowest BCUT2D eigenvalue weighted by atomic mass is 9.92. The molecule has 0 spiro atoms. The summed E-state index contributed by atoms with van der Waals surface area (Å²) in [5.74, 6) is 0.364. The topological polar surface area (TPSA) is 35.5 Å². The third-order valence-electron chi connectivity index (χ3n) is 3.27. The van der Waals surface area contributed by atoms with Crippen LogP contribution in [0, 0.1) is 0 Å². The Morgan fingerprint density at radius 3 is 2.53 bits per heavy atom. The molecule has 0 bridgehead atoms. The van der Waals surface area contributed by atoms with Gasteiger partial charge in [0.2, 0.25) is 0 Å². The highest BCUT2D eigenvalue weighted by atomic mass is 16.7. The number of ether oxygens (including phenoxy) is 2. The van der Waals surface area contributed by atoms with E-state index in [1.807, 2.05) is 0 Å². The van der Waals surface area contributed by atoms with E-state index >= 15 is 0 Å². The molecule has 17 heavy (non-hydrogen) atoms. The van der Waals surface area contributed by atoms with E-state index in [0.717, 1.165) is 50.5 Å². The monoisotopic (exact) mass is 240 g/mol. The van der Waals surface area contributed by atoms with Crippen LogP contribution in [-0.2, 0) is 14.3 Å². The van der Waals surface area contributed by atoms with Crippen LogP contribution in [0.1, 0.15) is 51.4 Å². The van der Waals surface area contributed by atoms with Crippen LogP contribution in [0.5, 0.6) is 0 Å². The highest BCUT2D eigenvalue weighted by Crippen LogP contribution is 2.20. The Bertz CT molecular complexity index is 254. The summed E-state index contributed by atoms with van der Waals surface area (Å²) >= 11 is 0. The van der Waals surface area contributed by atoms with E-state index in [1.54, 1.807) is 14.2 Å². The highest BCUT2D eigenvalue weighted by Gasteiger charge is 2.13. The molecule has 0 aromatic heterocycles. The van der Waals surface area contributed by atoms with Crippen molar-refractivity contribution in [3.05, 3.63) is 11.6 Å². The van der Waals surface area contributed by atoms with Crippen molar-refractivity contribution < 1.29 is 14.3 Å². The zero-order valence-electron chi connectivity index (χ0n) is 11.0. The van der Waals surface area contributed by atoms with E-state index in [-0.39, 0.29) is 6.29 Å². The molecule has 0 aromatic carbocycles. The van der Waals surface area contributed by atoms with Crippen LogP contribution in [0.15, 0.2) is 11.6 Å². The van der Waals surface area contributed by atoms with Crippen molar-refractivity contribution in [1.82, 2.24) is 0 Å². The number of methoxy groups -OCH3 is 2. The first-order chi connectivity index (χ1) is 8.27. The van der Waals surface area contributed by atoms with Gasteiger partial charge >= 0.3 is 0 Å². The molecule has 0 radical (unpaired) electrons. The number of Topliss-reactive ketones (excluding diaryl/α,β-unsaturated/α-hetero) is 1. The minimum absolute atomic E-state index is 0.0843. The molecule has 1 saturated carbocycles. The highest BCUT2D eigenvalue weighted by molar-refractivity contribution is 5.95. The average molecular weight is 240 g/mol. The predicted molar refractivity (Wildman–Crippen MR) is 67.8 cm³/mol. The van der Waals surface area contributed by atoms with Gasteiger partial charge in [0.1, 0.15) is 0 Å². The van der Waals surface area contributed by atoms with Gasteiger partial charge in [-0.2, -0.15) is 0 Å². The normalized spacial score (nSPS) is 19.2. The van der Waals surface area contributed by atoms with Gasteiger partial charge in [0.15, 0.2) is 12.1 Å². The molecule has 1 aliphatic carbocycles. The standard InChI is InChI=1S/C14H24O3/c1-16-14(17-2)11-5-3-4-8-12-9-6-7-10-13(12)15/h8,14H,3-7,9-11H2,1-2H3/b12-8+. The molecule has 0 amide bonds. The second kappa shape index (κ2) is 8.43. The van der Waals surface area contributed by atoms with Gasteiger partial charge in [-0.25, -0.2) is 0 Å². The number of rotatable bonds is 7. The summed E-state index contributed by atoms with van der Waals surface area (Å²) in [5, 5.41) is 0. The Balaban J connectivity index is 2.14. The average Bonchev–Trinajstić information content (AvgIpc) is 2.36. The van der Waals surface area contributed by atoms with Crippen molar-refractivity contribution in [2.45, 2.75) is 57.7 Å². The molecule has 1 rings (SSSR count). The lowest BCUT2D eigenvalue weighted by Crippen LogP contribution is -2.12. The first-order valence-corrected chi connectivity index (χ1v) is 6.55. The summed E-state index contributed by atoms with van der Waals surface area (Å²) in [6.07, 6.45) is 10.1. The predicted octanol–water partition coefficient (Wildman–Crippen LogP) is 3.24. The molecule has 0 aliphatic heterocycles. The molecule has 0 unspecified atom stereocenters. The maximum absolute atomic E-state index is 11.6. The maximum Gasteiger partial charge on any atom is 0.158 e. The number of allylic oxidation sites excluding steroid dienone is 2. The van der Waals surface area contributed by atoms with E-state index in [4.69, 9.17) is 9.47 Å². The third kappa shape index (κ3) is 5.46. The van der Waals surface area contributed by atoms with Crippen molar-refractivity contribution in [3.63, 3.8) is 0 Å². The molecular weight excluding hydrogens is 216 g/mol. The van der Waals surface area contributed by atoms with Gasteiger partial charge in [-0.15, -0.1) is 0 Å². The van der Waals surface area contributed by atoms with Crippen LogP contribution in [-0.4, -0.2) is 26.3 Å². The lowest BCUT2D eigenvalue weighted by Gasteiger charge is -2.13. The summed E-state index contributed by atoms with van der Waals surface area (Å²) < 4.78 is 10.2. The summed E-state index contributed by atoms with van der Waals surface area (Å²) in [5.41, 5.74) is 1.06. The van der Waals surface area contributed by atoms with Gasteiger partial charge in [-0.05, 0) is 50.5 Å². The van der Waals surface area contributed by atoms with E-state index in [2.05, 4.69) is 6.08 Å². The number of carbonyl (C=O) groups excluding carboxylic acids is 1. The Hall–Kier alpha value is -0.670. The van der Waals surface area contributed by atoms with Crippen LogP contribution < -0.4 is 0 Å². The van der Waals surface area contributed by atoms with Crippen LogP contribution in [0.25, 0.3) is 0 Å². The molecule has 98 valence electrons. The molecule has 0 aromatic rings. The van der Waals surface area contributed by atoms with Gasteiger partial charge in [0.25, 0.3) is 0 Å². The van der Waals surface area contributed by atoms with Crippen LogP contribution in [0.4, 0.5) is 0 Å². The number of carbonyl (C=O) groups is 1. The van der Waals surface area contributed by atoms with Crippen molar-refractivity contribution >= 4 is 5.78 Å². The maximum atomic E-state index is 11.6. The van der Waals surface area contributed by atoms with E-state index in [1.165, 1.54) is 6.42 Å². The minimum Gasteiger partial charge on any atom is -0.356 e. The SMILES string of the molecule is COC(CCCC/C=C1\CCCCC1=O)OC. The van der Waals surface area contributed by atoms with Gasteiger partial charge in [-0.3, -0.25) is 4.79 Å². The zero-order chi connectivity index (χ0) is 12.5. The summed E-state index contributed by atoms with van der Waals surface area (Å²) in [4.78, 5) is 11.6. The minimum atomic E-state index is -0.0843. The first-order valence-electron chi connectivity index (χ1n) is 6.55. The molecule has 0 atom stereocenters. The second-order valence-corrected chi connectivity index (χ2v) is 4.55. The van der Waals surface area contributed by atoms with Crippen molar-refractivity contribution in [3.8, 4) is 0 Å². The van der Waals surface area contributed by atoms with Gasteiger partial charge in [0, 0.05) is 20.6 Å².